The zero-order chi connectivity index (χ0) is 9.97. The van der Waals surface area contributed by atoms with Crippen LogP contribution < -0.4 is 5.73 Å². The highest BCUT2D eigenvalue weighted by molar-refractivity contribution is 9.10. The Kier molecular flexibility index (Phi) is 2.90. The first kappa shape index (κ1) is 9.76. The molecule has 0 aliphatic carbocycles. The third-order valence-corrected chi connectivity index (χ3v) is 3.15. The van der Waals surface area contributed by atoms with Crippen LogP contribution in [0.2, 0.25) is 0 Å². The van der Waals surface area contributed by atoms with E-state index >= 15 is 0 Å². The number of halogens is 1. The molecule has 0 aromatic carbocycles. The van der Waals surface area contributed by atoms with Crippen molar-refractivity contribution in [3.8, 4) is 0 Å². The smallest absolute Gasteiger partial charge is 0.0755 e. The van der Waals surface area contributed by atoms with Crippen LogP contribution in [0.25, 0.3) is 0 Å². The molecule has 14 heavy (non-hydrogen) atoms. The molecular formula is C9H8BrN3S. The van der Waals surface area contributed by atoms with Gasteiger partial charge in [-0.15, -0.1) is 0 Å². The van der Waals surface area contributed by atoms with E-state index in [1.807, 2.05) is 17.5 Å². The molecule has 72 valence electrons. The predicted octanol–water partition coefficient (Wildman–Crippen LogP) is 2.35. The van der Waals surface area contributed by atoms with Gasteiger partial charge >= 0.3 is 0 Å². The summed E-state index contributed by atoms with van der Waals surface area (Å²) in [5.74, 6) is 0. The van der Waals surface area contributed by atoms with Crippen molar-refractivity contribution in [1.29, 1.82) is 0 Å². The first-order valence-electron chi connectivity index (χ1n) is 4.04. The molecule has 0 spiro atoms. The fourth-order valence-electron chi connectivity index (χ4n) is 1.18. The van der Waals surface area contributed by atoms with E-state index in [9.17, 15) is 0 Å². The summed E-state index contributed by atoms with van der Waals surface area (Å²) in [7, 11) is 0. The van der Waals surface area contributed by atoms with Crippen LogP contribution in [0.3, 0.4) is 0 Å². The van der Waals surface area contributed by atoms with Crippen LogP contribution in [-0.4, -0.2) is 9.36 Å². The fourth-order valence-corrected chi connectivity index (χ4v) is 2.23. The van der Waals surface area contributed by atoms with Crippen LogP contribution in [0.5, 0.6) is 0 Å². The van der Waals surface area contributed by atoms with Gasteiger partial charge < -0.3 is 5.73 Å². The lowest BCUT2D eigenvalue weighted by molar-refractivity contribution is 0.838. The van der Waals surface area contributed by atoms with Gasteiger partial charge in [0.2, 0.25) is 0 Å². The maximum absolute atomic E-state index is 6.05. The summed E-state index contributed by atoms with van der Waals surface area (Å²) in [5, 5.41) is 1.92. The summed E-state index contributed by atoms with van der Waals surface area (Å²) in [5.41, 5.74) is 7.94. The zero-order valence-electron chi connectivity index (χ0n) is 7.22. The standard InChI is InChI=1S/C9H8BrN3S/c10-7-5-12-3-1-6(7)9(11)8-2-4-14-13-8/h1-5,9H,11H2. The Labute approximate surface area is 94.3 Å². The highest BCUT2D eigenvalue weighted by atomic mass is 79.9. The quantitative estimate of drug-likeness (QED) is 0.911. The van der Waals surface area contributed by atoms with Gasteiger partial charge in [-0.2, -0.15) is 4.37 Å². The second kappa shape index (κ2) is 4.16. The lowest BCUT2D eigenvalue weighted by Crippen LogP contribution is -2.12. The number of hydrogen-bond acceptors (Lipinski definition) is 4. The van der Waals surface area contributed by atoms with Crippen molar-refractivity contribution in [2.24, 2.45) is 5.73 Å². The van der Waals surface area contributed by atoms with Crippen LogP contribution in [0.1, 0.15) is 17.3 Å². The van der Waals surface area contributed by atoms with Crippen molar-refractivity contribution < 1.29 is 0 Å². The van der Waals surface area contributed by atoms with Gasteiger partial charge in [0.1, 0.15) is 0 Å². The van der Waals surface area contributed by atoms with Gasteiger partial charge in [-0.05, 0) is 45.2 Å². The van der Waals surface area contributed by atoms with Gasteiger partial charge in [0.05, 0.1) is 11.7 Å². The largest absolute Gasteiger partial charge is 0.319 e. The maximum Gasteiger partial charge on any atom is 0.0755 e. The number of pyridine rings is 1. The van der Waals surface area contributed by atoms with E-state index < -0.39 is 0 Å². The van der Waals surface area contributed by atoms with E-state index in [0.717, 1.165) is 15.7 Å². The highest BCUT2D eigenvalue weighted by Gasteiger charge is 2.13. The molecule has 3 nitrogen and oxygen atoms in total. The van der Waals surface area contributed by atoms with E-state index in [-0.39, 0.29) is 6.04 Å². The van der Waals surface area contributed by atoms with E-state index in [0.29, 0.717) is 0 Å². The molecule has 2 heterocycles. The molecule has 0 amide bonds. The normalized spacial score (nSPS) is 12.7. The molecule has 0 radical (unpaired) electrons. The summed E-state index contributed by atoms with van der Waals surface area (Å²) < 4.78 is 5.13. The Morgan fingerprint density at radius 1 is 1.43 bits per heavy atom. The van der Waals surface area contributed by atoms with Crippen LogP contribution in [0.4, 0.5) is 0 Å². The first-order chi connectivity index (χ1) is 6.79. The van der Waals surface area contributed by atoms with Crippen molar-refractivity contribution in [3.05, 3.63) is 45.6 Å². The maximum atomic E-state index is 6.05. The molecule has 0 aliphatic heterocycles. The Morgan fingerprint density at radius 2 is 2.29 bits per heavy atom. The van der Waals surface area contributed by atoms with Crippen LogP contribution in [0, 0.1) is 0 Å². The van der Waals surface area contributed by atoms with Gasteiger partial charge in [0.15, 0.2) is 0 Å². The highest BCUT2D eigenvalue weighted by Crippen LogP contribution is 2.25. The predicted molar refractivity (Wildman–Crippen MR) is 60.1 cm³/mol. The van der Waals surface area contributed by atoms with Crippen molar-refractivity contribution in [1.82, 2.24) is 9.36 Å². The minimum atomic E-state index is -0.182. The van der Waals surface area contributed by atoms with Crippen LogP contribution >= 0.6 is 27.5 Å². The number of aromatic nitrogens is 2. The second-order valence-electron chi connectivity index (χ2n) is 2.80. The van der Waals surface area contributed by atoms with Gasteiger partial charge in [-0.1, -0.05) is 0 Å². The summed E-state index contributed by atoms with van der Waals surface area (Å²) in [6.45, 7) is 0. The number of nitrogens with two attached hydrogens (primary N) is 1. The third kappa shape index (κ3) is 1.84. The van der Waals surface area contributed by atoms with Gasteiger partial charge in [0, 0.05) is 22.2 Å². The van der Waals surface area contributed by atoms with Crippen molar-refractivity contribution in [3.63, 3.8) is 0 Å². The lowest BCUT2D eigenvalue weighted by Gasteiger charge is -2.10. The minimum absolute atomic E-state index is 0.182. The van der Waals surface area contributed by atoms with Gasteiger partial charge in [-0.25, -0.2) is 0 Å². The molecule has 5 heteroatoms. The topological polar surface area (TPSA) is 51.8 Å². The molecule has 2 rings (SSSR count). The summed E-state index contributed by atoms with van der Waals surface area (Å²) >= 11 is 4.82. The van der Waals surface area contributed by atoms with E-state index in [1.165, 1.54) is 11.5 Å². The number of hydrogen-bond donors (Lipinski definition) is 1. The molecule has 0 aliphatic rings. The molecule has 1 unspecified atom stereocenters. The van der Waals surface area contributed by atoms with Crippen LogP contribution in [0.15, 0.2) is 34.4 Å². The Balaban J connectivity index is 2.37. The summed E-state index contributed by atoms with van der Waals surface area (Å²) in [6, 6.07) is 3.65. The summed E-state index contributed by atoms with van der Waals surface area (Å²) in [6.07, 6.45) is 3.47. The van der Waals surface area contributed by atoms with Crippen molar-refractivity contribution in [2.45, 2.75) is 6.04 Å². The monoisotopic (exact) mass is 269 g/mol. The molecule has 0 saturated carbocycles. The number of rotatable bonds is 2. The van der Waals surface area contributed by atoms with Crippen molar-refractivity contribution in [2.75, 3.05) is 0 Å². The number of nitrogens with zero attached hydrogens (tertiary/aromatic N) is 2. The lowest BCUT2D eigenvalue weighted by atomic mass is 10.1. The molecule has 1 atom stereocenters. The molecule has 0 bridgehead atoms. The Morgan fingerprint density at radius 3 is 2.93 bits per heavy atom. The minimum Gasteiger partial charge on any atom is -0.319 e. The van der Waals surface area contributed by atoms with Gasteiger partial charge in [0.25, 0.3) is 0 Å². The molecule has 0 saturated heterocycles. The average molecular weight is 270 g/mol. The average Bonchev–Trinajstić information content (AvgIpc) is 2.70. The van der Waals surface area contributed by atoms with Crippen molar-refractivity contribution >= 4 is 27.5 Å². The zero-order valence-corrected chi connectivity index (χ0v) is 9.62. The molecule has 2 N–H and O–H groups in total. The molecular weight excluding hydrogens is 262 g/mol. The molecule has 0 fully saturated rings. The molecule has 2 aromatic heterocycles. The summed E-state index contributed by atoms with van der Waals surface area (Å²) in [4.78, 5) is 3.99. The SMILES string of the molecule is NC(c1ccsn1)c1ccncc1Br. The third-order valence-electron chi connectivity index (χ3n) is 1.92. The van der Waals surface area contributed by atoms with Crippen LogP contribution in [-0.2, 0) is 0 Å². The molecule has 2 aromatic rings. The van der Waals surface area contributed by atoms with E-state index in [4.69, 9.17) is 5.73 Å². The van der Waals surface area contributed by atoms with E-state index in [1.54, 1.807) is 12.4 Å². The van der Waals surface area contributed by atoms with E-state index in [2.05, 4.69) is 25.3 Å². The Hall–Kier alpha value is -0.780. The first-order valence-corrected chi connectivity index (χ1v) is 5.67. The fraction of sp³-hybridized carbons (Fsp3) is 0.111. The second-order valence-corrected chi connectivity index (χ2v) is 4.32. The van der Waals surface area contributed by atoms with Gasteiger partial charge in [-0.3, -0.25) is 4.98 Å². The Bertz CT molecular complexity index is 416.